The topological polar surface area (TPSA) is 64.3 Å². The molecular formula is C14H20Cl2N2O2. The standard InChI is InChI=1S/C14H20Cl2N2O2/c1-9(2)8-20-5-3-4-18-14(19)10-6-11(15)13(16)12(17)7-10/h6-7,9H,3-5,8,17H2,1-2H3,(H,18,19). The zero-order valence-electron chi connectivity index (χ0n) is 11.7. The van der Waals surface area contributed by atoms with Gasteiger partial charge in [-0.05, 0) is 24.5 Å². The van der Waals surface area contributed by atoms with Gasteiger partial charge in [0.05, 0.1) is 15.7 Å². The SMILES string of the molecule is CC(C)COCCCNC(=O)c1cc(N)c(Cl)c(Cl)c1. The summed E-state index contributed by atoms with van der Waals surface area (Å²) in [6, 6.07) is 3.02. The number of nitrogens with one attached hydrogen (secondary N) is 1. The normalized spacial score (nSPS) is 10.8. The van der Waals surface area contributed by atoms with Crippen LogP contribution in [0.1, 0.15) is 30.6 Å². The maximum absolute atomic E-state index is 11.9. The zero-order chi connectivity index (χ0) is 15.1. The molecule has 1 aromatic rings. The van der Waals surface area contributed by atoms with Gasteiger partial charge < -0.3 is 15.8 Å². The van der Waals surface area contributed by atoms with Crippen molar-refractivity contribution in [2.45, 2.75) is 20.3 Å². The molecule has 1 amide bonds. The van der Waals surface area contributed by atoms with Gasteiger partial charge in [-0.25, -0.2) is 0 Å². The van der Waals surface area contributed by atoms with Crippen molar-refractivity contribution >= 4 is 34.8 Å². The van der Waals surface area contributed by atoms with E-state index in [0.717, 1.165) is 13.0 Å². The van der Waals surface area contributed by atoms with Crippen LogP contribution in [0.25, 0.3) is 0 Å². The zero-order valence-corrected chi connectivity index (χ0v) is 13.2. The van der Waals surface area contributed by atoms with E-state index in [-0.39, 0.29) is 16.0 Å². The Balaban J connectivity index is 2.36. The maximum Gasteiger partial charge on any atom is 0.251 e. The van der Waals surface area contributed by atoms with Crippen LogP contribution in [0.5, 0.6) is 0 Å². The number of hydrogen-bond donors (Lipinski definition) is 2. The summed E-state index contributed by atoms with van der Waals surface area (Å²) in [5.41, 5.74) is 6.36. The molecule has 0 aliphatic heterocycles. The van der Waals surface area contributed by atoms with Gasteiger partial charge in [-0.1, -0.05) is 37.0 Å². The Labute approximate surface area is 129 Å². The first-order chi connectivity index (χ1) is 9.41. The van der Waals surface area contributed by atoms with Crippen molar-refractivity contribution in [3.63, 3.8) is 0 Å². The number of hydrogen-bond acceptors (Lipinski definition) is 3. The number of halogens is 2. The molecule has 0 atom stereocenters. The quantitative estimate of drug-likeness (QED) is 0.598. The van der Waals surface area contributed by atoms with Crippen molar-refractivity contribution in [1.29, 1.82) is 0 Å². The number of benzene rings is 1. The van der Waals surface area contributed by atoms with Crippen LogP contribution in [-0.4, -0.2) is 25.7 Å². The summed E-state index contributed by atoms with van der Waals surface area (Å²) in [4.78, 5) is 11.9. The first kappa shape index (κ1) is 17.1. The smallest absolute Gasteiger partial charge is 0.251 e. The van der Waals surface area contributed by atoms with Gasteiger partial charge in [0.1, 0.15) is 0 Å². The van der Waals surface area contributed by atoms with E-state index in [4.69, 9.17) is 33.7 Å². The van der Waals surface area contributed by atoms with Crippen LogP contribution in [0, 0.1) is 5.92 Å². The van der Waals surface area contributed by atoms with Crippen molar-refractivity contribution < 1.29 is 9.53 Å². The Morgan fingerprint density at radius 3 is 2.70 bits per heavy atom. The Kier molecular flexibility index (Phi) is 7.13. The lowest BCUT2D eigenvalue weighted by Crippen LogP contribution is -2.25. The number of rotatable bonds is 7. The van der Waals surface area contributed by atoms with E-state index in [1.165, 1.54) is 12.1 Å². The Morgan fingerprint density at radius 1 is 1.40 bits per heavy atom. The minimum absolute atomic E-state index is 0.223. The van der Waals surface area contributed by atoms with E-state index >= 15 is 0 Å². The summed E-state index contributed by atoms with van der Waals surface area (Å²) in [7, 11) is 0. The second-order valence-corrected chi connectivity index (χ2v) is 5.72. The molecule has 1 aromatic carbocycles. The fourth-order valence-corrected chi connectivity index (χ4v) is 1.87. The molecule has 0 spiro atoms. The number of nitrogen functional groups attached to an aromatic ring is 1. The van der Waals surface area contributed by atoms with E-state index < -0.39 is 0 Å². The Hall–Kier alpha value is -0.970. The highest BCUT2D eigenvalue weighted by Crippen LogP contribution is 2.29. The molecule has 0 fully saturated rings. The van der Waals surface area contributed by atoms with E-state index in [1.54, 1.807) is 0 Å². The highest BCUT2D eigenvalue weighted by molar-refractivity contribution is 6.43. The molecule has 0 radical (unpaired) electrons. The Morgan fingerprint density at radius 2 is 2.10 bits per heavy atom. The fraction of sp³-hybridized carbons (Fsp3) is 0.500. The van der Waals surface area contributed by atoms with Crippen molar-refractivity contribution in [3.8, 4) is 0 Å². The molecule has 0 unspecified atom stereocenters. The van der Waals surface area contributed by atoms with E-state index in [9.17, 15) is 4.79 Å². The number of anilines is 1. The number of nitrogens with two attached hydrogens (primary N) is 1. The predicted octanol–water partition coefficient (Wildman–Crippen LogP) is 3.37. The van der Waals surface area contributed by atoms with Crippen LogP contribution < -0.4 is 11.1 Å². The highest BCUT2D eigenvalue weighted by Gasteiger charge is 2.10. The molecule has 4 nitrogen and oxygen atoms in total. The van der Waals surface area contributed by atoms with Gasteiger partial charge in [-0.15, -0.1) is 0 Å². The molecule has 0 aliphatic carbocycles. The van der Waals surface area contributed by atoms with E-state index in [2.05, 4.69) is 19.2 Å². The first-order valence-corrected chi connectivity index (χ1v) is 7.28. The summed E-state index contributed by atoms with van der Waals surface area (Å²) < 4.78 is 5.43. The minimum atomic E-state index is -0.223. The Bertz CT molecular complexity index is 441. The lowest BCUT2D eigenvalue weighted by atomic mass is 10.2. The lowest BCUT2D eigenvalue weighted by molar-refractivity contribution is 0.0925. The molecule has 6 heteroatoms. The fourth-order valence-electron chi connectivity index (χ4n) is 1.54. The molecule has 0 bridgehead atoms. The van der Waals surface area contributed by atoms with Gasteiger partial charge in [-0.2, -0.15) is 0 Å². The number of carbonyl (C=O) groups is 1. The number of amides is 1. The molecule has 0 heterocycles. The van der Waals surface area contributed by atoms with E-state index in [1.807, 2.05) is 0 Å². The molecule has 3 N–H and O–H groups in total. The van der Waals surface area contributed by atoms with Crippen molar-refractivity contribution in [2.75, 3.05) is 25.5 Å². The molecule has 112 valence electrons. The summed E-state index contributed by atoms with van der Waals surface area (Å²) in [5.74, 6) is 0.294. The second-order valence-electron chi connectivity index (χ2n) is 4.94. The molecule has 0 aromatic heterocycles. The third-order valence-corrected chi connectivity index (χ3v) is 3.34. The number of carbonyl (C=O) groups excluding carboxylic acids is 1. The minimum Gasteiger partial charge on any atom is -0.397 e. The predicted molar refractivity (Wildman–Crippen MR) is 83.5 cm³/mol. The van der Waals surface area contributed by atoms with Gasteiger partial charge in [0.25, 0.3) is 5.91 Å². The van der Waals surface area contributed by atoms with Crippen LogP contribution in [0.15, 0.2) is 12.1 Å². The van der Waals surface area contributed by atoms with Crippen molar-refractivity contribution in [1.82, 2.24) is 5.32 Å². The van der Waals surface area contributed by atoms with Crippen molar-refractivity contribution in [2.24, 2.45) is 5.92 Å². The summed E-state index contributed by atoms with van der Waals surface area (Å²) in [6.45, 7) is 6.09. The van der Waals surface area contributed by atoms with Crippen molar-refractivity contribution in [3.05, 3.63) is 27.7 Å². The van der Waals surface area contributed by atoms with Gasteiger partial charge in [-0.3, -0.25) is 4.79 Å². The monoisotopic (exact) mass is 318 g/mol. The van der Waals surface area contributed by atoms with Gasteiger partial charge in [0, 0.05) is 25.3 Å². The average Bonchev–Trinajstić information content (AvgIpc) is 2.38. The molecule has 1 rings (SSSR count). The average molecular weight is 319 g/mol. The molecule has 20 heavy (non-hydrogen) atoms. The van der Waals surface area contributed by atoms with Crippen LogP contribution in [0.4, 0.5) is 5.69 Å². The lowest BCUT2D eigenvalue weighted by Gasteiger charge is -2.09. The van der Waals surface area contributed by atoms with Gasteiger partial charge in [0.2, 0.25) is 0 Å². The molecular weight excluding hydrogens is 299 g/mol. The second kappa shape index (κ2) is 8.35. The molecule has 0 saturated carbocycles. The van der Waals surface area contributed by atoms with Crippen LogP contribution in [0.3, 0.4) is 0 Å². The third kappa shape index (κ3) is 5.57. The van der Waals surface area contributed by atoms with Crippen LogP contribution in [-0.2, 0) is 4.74 Å². The summed E-state index contributed by atoms with van der Waals surface area (Å²) in [5, 5.41) is 3.33. The first-order valence-electron chi connectivity index (χ1n) is 6.52. The number of ether oxygens (including phenoxy) is 1. The largest absolute Gasteiger partial charge is 0.397 e. The van der Waals surface area contributed by atoms with Crippen LogP contribution in [0.2, 0.25) is 10.0 Å². The summed E-state index contributed by atoms with van der Waals surface area (Å²) in [6.07, 6.45) is 0.759. The highest BCUT2D eigenvalue weighted by atomic mass is 35.5. The third-order valence-electron chi connectivity index (χ3n) is 2.52. The van der Waals surface area contributed by atoms with Crippen LogP contribution >= 0.6 is 23.2 Å². The van der Waals surface area contributed by atoms with Gasteiger partial charge >= 0.3 is 0 Å². The van der Waals surface area contributed by atoms with E-state index in [0.29, 0.717) is 30.3 Å². The summed E-state index contributed by atoms with van der Waals surface area (Å²) >= 11 is 11.7. The van der Waals surface area contributed by atoms with Gasteiger partial charge in [0.15, 0.2) is 0 Å². The molecule has 0 aliphatic rings. The molecule has 0 saturated heterocycles. The maximum atomic E-state index is 11.9.